The summed E-state index contributed by atoms with van der Waals surface area (Å²) in [4.78, 5) is 0. The third-order valence-electron chi connectivity index (χ3n) is 3.23. The fraction of sp³-hybridized carbons (Fsp3) is 0.538. The SMILES string of the molecule is CC1=CCCC(C)=C2CCC2=CC1. The highest BCUT2D eigenvalue weighted by atomic mass is 14.2. The van der Waals surface area contributed by atoms with E-state index in [9.17, 15) is 0 Å². The van der Waals surface area contributed by atoms with Crippen LogP contribution in [0.2, 0.25) is 0 Å². The lowest BCUT2D eigenvalue weighted by molar-refractivity contribution is 0.784. The highest BCUT2D eigenvalue weighted by Gasteiger charge is 2.18. The van der Waals surface area contributed by atoms with E-state index in [1.807, 2.05) is 0 Å². The van der Waals surface area contributed by atoms with E-state index in [4.69, 9.17) is 0 Å². The molecular formula is C13H18. The average molecular weight is 174 g/mol. The van der Waals surface area contributed by atoms with Crippen LogP contribution in [-0.2, 0) is 0 Å². The highest BCUT2D eigenvalue weighted by molar-refractivity contribution is 5.43. The Hall–Kier alpha value is -0.780. The second-order valence-corrected chi connectivity index (χ2v) is 4.28. The molecule has 13 heavy (non-hydrogen) atoms. The third-order valence-corrected chi connectivity index (χ3v) is 3.23. The molecule has 1 saturated carbocycles. The summed E-state index contributed by atoms with van der Waals surface area (Å²) in [6.07, 6.45) is 11.2. The molecule has 0 aliphatic heterocycles. The number of allylic oxidation sites excluding steroid dienone is 6. The van der Waals surface area contributed by atoms with Gasteiger partial charge in [0, 0.05) is 0 Å². The largest absolute Gasteiger partial charge is 0.0850 e. The molecule has 0 heterocycles. The van der Waals surface area contributed by atoms with E-state index in [-0.39, 0.29) is 0 Å². The first-order valence-electron chi connectivity index (χ1n) is 5.31. The van der Waals surface area contributed by atoms with E-state index in [2.05, 4.69) is 26.0 Å². The lowest BCUT2D eigenvalue weighted by Crippen LogP contribution is -2.05. The second kappa shape index (κ2) is 3.53. The quantitative estimate of drug-likeness (QED) is 0.484. The van der Waals surface area contributed by atoms with Gasteiger partial charge in [-0.3, -0.25) is 0 Å². The molecule has 0 radical (unpaired) electrons. The molecule has 0 spiro atoms. The topological polar surface area (TPSA) is 0 Å². The Balaban J connectivity index is 2.24. The summed E-state index contributed by atoms with van der Waals surface area (Å²) in [6.45, 7) is 4.55. The lowest BCUT2D eigenvalue weighted by Gasteiger charge is -2.24. The number of fused-ring (bicyclic) bond motifs is 1. The highest BCUT2D eigenvalue weighted by Crippen LogP contribution is 2.37. The van der Waals surface area contributed by atoms with Crippen LogP contribution in [0.5, 0.6) is 0 Å². The van der Waals surface area contributed by atoms with Gasteiger partial charge in [0.15, 0.2) is 0 Å². The molecule has 0 N–H and O–H groups in total. The van der Waals surface area contributed by atoms with Gasteiger partial charge in [0.05, 0.1) is 0 Å². The molecule has 0 aromatic rings. The second-order valence-electron chi connectivity index (χ2n) is 4.28. The Morgan fingerprint density at radius 1 is 1.00 bits per heavy atom. The van der Waals surface area contributed by atoms with Crippen LogP contribution in [0.25, 0.3) is 0 Å². The van der Waals surface area contributed by atoms with Crippen molar-refractivity contribution >= 4 is 0 Å². The van der Waals surface area contributed by atoms with Crippen molar-refractivity contribution in [2.45, 2.75) is 46.0 Å². The molecule has 1 fully saturated rings. The maximum absolute atomic E-state index is 2.43. The standard InChI is InChI=1S/C13H18/c1-10-4-3-5-11(2)13-9-8-12(13)7-6-10/h4,7H,3,5-6,8-9H2,1-2H3. The van der Waals surface area contributed by atoms with E-state index in [0.29, 0.717) is 0 Å². The van der Waals surface area contributed by atoms with Crippen molar-refractivity contribution in [1.82, 2.24) is 0 Å². The van der Waals surface area contributed by atoms with Gasteiger partial charge < -0.3 is 0 Å². The van der Waals surface area contributed by atoms with Gasteiger partial charge in [0.25, 0.3) is 0 Å². The molecule has 0 amide bonds. The van der Waals surface area contributed by atoms with Gasteiger partial charge in [0.1, 0.15) is 0 Å². The molecule has 2 rings (SSSR count). The zero-order chi connectivity index (χ0) is 9.26. The fourth-order valence-electron chi connectivity index (χ4n) is 2.16. The first-order chi connectivity index (χ1) is 6.27. The van der Waals surface area contributed by atoms with Crippen LogP contribution in [0.1, 0.15) is 46.0 Å². The summed E-state index contributed by atoms with van der Waals surface area (Å²) >= 11 is 0. The van der Waals surface area contributed by atoms with Crippen LogP contribution in [0.3, 0.4) is 0 Å². The monoisotopic (exact) mass is 174 g/mol. The Morgan fingerprint density at radius 3 is 2.54 bits per heavy atom. The molecule has 2 aliphatic carbocycles. The summed E-state index contributed by atoms with van der Waals surface area (Å²) in [5.74, 6) is 0. The van der Waals surface area contributed by atoms with Crippen molar-refractivity contribution in [1.29, 1.82) is 0 Å². The lowest BCUT2D eigenvalue weighted by atomic mass is 9.81. The van der Waals surface area contributed by atoms with Gasteiger partial charge in [-0.05, 0) is 57.1 Å². The predicted molar refractivity (Wildman–Crippen MR) is 57.6 cm³/mol. The summed E-state index contributed by atoms with van der Waals surface area (Å²) in [6, 6.07) is 0. The minimum Gasteiger partial charge on any atom is -0.0850 e. The van der Waals surface area contributed by atoms with Crippen molar-refractivity contribution in [2.75, 3.05) is 0 Å². The third kappa shape index (κ3) is 1.77. The van der Waals surface area contributed by atoms with Crippen molar-refractivity contribution in [3.8, 4) is 0 Å². The Labute approximate surface area is 81.0 Å². The van der Waals surface area contributed by atoms with E-state index in [1.165, 1.54) is 37.7 Å². The summed E-state index contributed by atoms with van der Waals surface area (Å²) in [5.41, 5.74) is 6.46. The molecule has 0 bridgehead atoms. The van der Waals surface area contributed by atoms with Crippen LogP contribution in [0.15, 0.2) is 34.4 Å². The normalized spacial score (nSPS) is 23.2. The van der Waals surface area contributed by atoms with Crippen molar-refractivity contribution < 1.29 is 0 Å². The fourth-order valence-corrected chi connectivity index (χ4v) is 2.16. The van der Waals surface area contributed by atoms with Crippen molar-refractivity contribution in [2.24, 2.45) is 0 Å². The van der Waals surface area contributed by atoms with E-state index in [1.54, 1.807) is 16.7 Å². The van der Waals surface area contributed by atoms with Gasteiger partial charge in [-0.15, -0.1) is 0 Å². The molecule has 0 heteroatoms. The summed E-state index contributed by atoms with van der Waals surface area (Å²) in [5, 5.41) is 0. The van der Waals surface area contributed by atoms with Crippen molar-refractivity contribution in [3.05, 3.63) is 34.4 Å². The predicted octanol–water partition coefficient (Wildman–Crippen LogP) is 4.15. The average Bonchev–Trinajstić information content (AvgIpc) is 2.04. The van der Waals surface area contributed by atoms with Crippen LogP contribution >= 0.6 is 0 Å². The van der Waals surface area contributed by atoms with Crippen LogP contribution in [0.4, 0.5) is 0 Å². The molecule has 0 aromatic heterocycles. The Bertz CT molecular complexity index is 300. The van der Waals surface area contributed by atoms with Crippen molar-refractivity contribution in [3.63, 3.8) is 0 Å². The minimum absolute atomic E-state index is 1.17. The molecule has 70 valence electrons. The van der Waals surface area contributed by atoms with Crippen LogP contribution < -0.4 is 0 Å². The summed E-state index contributed by atoms with van der Waals surface area (Å²) < 4.78 is 0. The van der Waals surface area contributed by atoms with Gasteiger partial charge >= 0.3 is 0 Å². The zero-order valence-electron chi connectivity index (χ0n) is 8.69. The van der Waals surface area contributed by atoms with Crippen LogP contribution in [0, 0.1) is 0 Å². The maximum atomic E-state index is 2.43. The molecule has 0 aromatic carbocycles. The van der Waals surface area contributed by atoms with Gasteiger partial charge in [-0.25, -0.2) is 0 Å². The van der Waals surface area contributed by atoms with Gasteiger partial charge in [0.2, 0.25) is 0 Å². The smallest absolute Gasteiger partial charge is 0.0136 e. The zero-order valence-corrected chi connectivity index (χ0v) is 8.69. The van der Waals surface area contributed by atoms with E-state index >= 15 is 0 Å². The first kappa shape index (κ1) is 8.80. The maximum Gasteiger partial charge on any atom is -0.0136 e. The summed E-state index contributed by atoms with van der Waals surface area (Å²) in [7, 11) is 0. The van der Waals surface area contributed by atoms with Gasteiger partial charge in [-0.1, -0.05) is 23.3 Å². The Morgan fingerprint density at radius 2 is 1.85 bits per heavy atom. The van der Waals surface area contributed by atoms with E-state index < -0.39 is 0 Å². The number of rotatable bonds is 0. The van der Waals surface area contributed by atoms with E-state index in [0.717, 1.165) is 0 Å². The van der Waals surface area contributed by atoms with Gasteiger partial charge in [-0.2, -0.15) is 0 Å². The van der Waals surface area contributed by atoms with Crippen LogP contribution in [-0.4, -0.2) is 0 Å². The Kier molecular flexibility index (Phi) is 2.39. The molecule has 2 aliphatic rings. The number of hydrogen-bond acceptors (Lipinski definition) is 0. The first-order valence-corrected chi connectivity index (χ1v) is 5.31. The minimum atomic E-state index is 1.17. The molecule has 0 saturated heterocycles. The number of hydrogen-bond donors (Lipinski definition) is 0. The molecule has 0 unspecified atom stereocenters. The molecular weight excluding hydrogens is 156 g/mol. The molecule has 0 nitrogen and oxygen atoms in total. The molecule has 0 atom stereocenters.